The van der Waals surface area contributed by atoms with Crippen LogP contribution >= 0.6 is 0 Å². The first-order chi connectivity index (χ1) is 14.5. The highest BCUT2D eigenvalue weighted by molar-refractivity contribution is 5.97. The fraction of sp³-hybridized carbons (Fsp3) is 0.261. The van der Waals surface area contributed by atoms with E-state index in [1.165, 1.54) is 0 Å². The Hall–Kier alpha value is -3.61. The standard InChI is InChI=1S/C23H26N4O3/c1-18-5-3-8-21(15-18)30-14-13-26(2)23(29)19-6-4-7-20(16-19)25-22(28)9-11-27-12-10-24-17-27/h3-8,10,12,15-17H,9,11,13-14H2,1-2H3,(H,25,28). The molecule has 2 aromatic carbocycles. The SMILES string of the molecule is Cc1cccc(OCCN(C)C(=O)c2cccc(NC(=O)CCn3ccnc3)c2)c1. The predicted octanol–water partition coefficient (Wildman–Crippen LogP) is 3.37. The average molecular weight is 406 g/mol. The van der Waals surface area contributed by atoms with Gasteiger partial charge >= 0.3 is 0 Å². The van der Waals surface area contributed by atoms with Crippen molar-refractivity contribution in [3.63, 3.8) is 0 Å². The molecule has 0 aliphatic carbocycles. The van der Waals surface area contributed by atoms with Crippen molar-refractivity contribution >= 4 is 17.5 Å². The van der Waals surface area contributed by atoms with Gasteiger partial charge in [0.15, 0.2) is 0 Å². The number of hydrogen-bond donors (Lipinski definition) is 1. The van der Waals surface area contributed by atoms with Crippen LogP contribution in [0.15, 0.2) is 67.3 Å². The van der Waals surface area contributed by atoms with Gasteiger partial charge < -0.3 is 19.5 Å². The molecule has 7 nitrogen and oxygen atoms in total. The third-order valence-electron chi connectivity index (χ3n) is 4.58. The Morgan fingerprint density at radius 3 is 2.77 bits per heavy atom. The van der Waals surface area contributed by atoms with Gasteiger partial charge in [-0.2, -0.15) is 0 Å². The van der Waals surface area contributed by atoms with Gasteiger partial charge in [0, 0.05) is 43.7 Å². The molecule has 0 unspecified atom stereocenters. The van der Waals surface area contributed by atoms with Crippen molar-refractivity contribution in [3.8, 4) is 5.75 Å². The van der Waals surface area contributed by atoms with Gasteiger partial charge in [-0.3, -0.25) is 9.59 Å². The number of nitrogens with zero attached hydrogens (tertiary/aromatic N) is 3. The van der Waals surface area contributed by atoms with Crippen LogP contribution in [-0.4, -0.2) is 46.5 Å². The summed E-state index contributed by atoms with van der Waals surface area (Å²) in [6, 6.07) is 14.8. The topological polar surface area (TPSA) is 76.5 Å². The molecule has 0 aliphatic heterocycles. The third kappa shape index (κ3) is 6.20. The summed E-state index contributed by atoms with van der Waals surface area (Å²) in [6.07, 6.45) is 5.48. The number of likely N-dealkylation sites (N-methyl/N-ethyl adjacent to an activating group) is 1. The van der Waals surface area contributed by atoms with Crippen LogP contribution in [0.4, 0.5) is 5.69 Å². The minimum absolute atomic E-state index is 0.117. The number of carbonyl (C=O) groups is 2. The number of benzene rings is 2. The molecule has 7 heteroatoms. The molecule has 2 amide bonds. The summed E-state index contributed by atoms with van der Waals surface area (Å²) in [5.74, 6) is 0.543. The highest BCUT2D eigenvalue weighted by Gasteiger charge is 2.13. The molecule has 1 aromatic heterocycles. The van der Waals surface area contributed by atoms with Crippen LogP contribution < -0.4 is 10.1 Å². The van der Waals surface area contributed by atoms with E-state index in [9.17, 15) is 9.59 Å². The molecule has 0 radical (unpaired) electrons. The monoisotopic (exact) mass is 406 g/mol. The lowest BCUT2D eigenvalue weighted by molar-refractivity contribution is -0.116. The molecule has 30 heavy (non-hydrogen) atoms. The second kappa shape index (κ2) is 10.2. The fourth-order valence-corrected chi connectivity index (χ4v) is 2.93. The second-order valence-corrected chi connectivity index (χ2v) is 7.07. The van der Waals surface area contributed by atoms with Crippen LogP contribution in [-0.2, 0) is 11.3 Å². The Kier molecular flexibility index (Phi) is 7.21. The molecular formula is C23H26N4O3. The van der Waals surface area contributed by atoms with Crippen LogP contribution in [0.1, 0.15) is 22.3 Å². The van der Waals surface area contributed by atoms with Gasteiger partial charge in [0.05, 0.1) is 12.9 Å². The van der Waals surface area contributed by atoms with Crippen molar-refractivity contribution in [1.29, 1.82) is 0 Å². The molecule has 1 heterocycles. The average Bonchev–Trinajstić information content (AvgIpc) is 3.25. The van der Waals surface area contributed by atoms with Crippen LogP contribution in [0, 0.1) is 6.92 Å². The molecule has 0 saturated carbocycles. The minimum atomic E-state index is -0.127. The maximum Gasteiger partial charge on any atom is 0.253 e. The molecule has 0 fully saturated rings. The van der Waals surface area contributed by atoms with Crippen molar-refractivity contribution in [2.75, 3.05) is 25.5 Å². The Morgan fingerprint density at radius 2 is 2.00 bits per heavy atom. The van der Waals surface area contributed by atoms with Crippen LogP contribution in [0.3, 0.4) is 0 Å². The number of amides is 2. The zero-order valence-electron chi connectivity index (χ0n) is 17.2. The number of rotatable bonds is 9. The van der Waals surface area contributed by atoms with Gasteiger partial charge in [0.1, 0.15) is 12.4 Å². The number of hydrogen-bond acceptors (Lipinski definition) is 4. The quantitative estimate of drug-likeness (QED) is 0.591. The summed E-state index contributed by atoms with van der Waals surface area (Å²) >= 11 is 0. The molecule has 0 aliphatic rings. The van der Waals surface area contributed by atoms with Crippen molar-refractivity contribution < 1.29 is 14.3 Å². The molecular weight excluding hydrogens is 380 g/mol. The van der Waals surface area contributed by atoms with Crippen LogP contribution in [0.25, 0.3) is 0 Å². The number of ether oxygens (including phenoxy) is 1. The second-order valence-electron chi connectivity index (χ2n) is 7.07. The number of aryl methyl sites for hydroxylation is 2. The number of nitrogens with one attached hydrogen (secondary N) is 1. The number of carbonyl (C=O) groups excluding carboxylic acids is 2. The smallest absolute Gasteiger partial charge is 0.253 e. The van der Waals surface area contributed by atoms with E-state index >= 15 is 0 Å². The minimum Gasteiger partial charge on any atom is -0.492 e. The molecule has 1 N–H and O–H groups in total. The van der Waals surface area contributed by atoms with Gasteiger partial charge in [-0.05, 0) is 42.8 Å². The van der Waals surface area contributed by atoms with Gasteiger partial charge in [-0.1, -0.05) is 18.2 Å². The molecule has 3 rings (SSSR count). The van der Waals surface area contributed by atoms with E-state index in [0.29, 0.717) is 37.4 Å². The Labute approximate surface area is 176 Å². The van der Waals surface area contributed by atoms with E-state index in [1.807, 2.05) is 42.0 Å². The third-order valence-corrected chi connectivity index (χ3v) is 4.58. The lowest BCUT2D eigenvalue weighted by Crippen LogP contribution is -2.31. The van der Waals surface area contributed by atoms with Crippen LogP contribution in [0.2, 0.25) is 0 Å². The summed E-state index contributed by atoms with van der Waals surface area (Å²) in [6.45, 7) is 3.41. The largest absolute Gasteiger partial charge is 0.492 e. The zero-order valence-corrected chi connectivity index (χ0v) is 17.2. The van der Waals surface area contributed by atoms with Gasteiger partial charge in [0.25, 0.3) is 5.91 Å². The number of anilines is 1. The summed E-state index contributed by atoms with van der Waals surface area (Å²) in [5.41, 5.74) is 2.24. The Morgan fingerprint density at radius 1 is 1.17 bits per heavy atom. The van der Waals surface area contributed by atoms with Gasteiger partial charge in [-0.15, -0.1) is 0 Å². The zero-order chi connectivity index (χ0) is 21.3. The summed E-state index contributed by atoms with van der Waals surface area (Å²) in [7, 11) is 1.73. The first kappa shape index (κ1) is 21.1. The first-order valence-electron chi connectivity index (χ1n) is 9.82. The maximum absolute atomic E-state index is 12.7. The highest BCUT2D eigenvalue weighted by atomic mass is 16.5. The first-order valence-corrected chi connectivity index (χ1v) is 9.82. The molecule has 3 aromatic rings. The van der Waals surface area contributed by atoms with Crippen molar-refractivity contribution in [1.82, 2.24) is 14.5 Å². The Bertz CT molecular complexity index is 986. The highest BCUT2D eigenvalue weighted by Crippen LogP contribution is 2.14. The lowest BCUT2D eigenvalue weighted by atomic mass is 10.1. The number of aromatic nitrogens is 2. The number of imidazole rings is 1. The van der Waals surface area contributed by atoms with Crippen molar-refractivity contribution in [3.05, 3.63) is 78.4 Å². The van der Waals surface area contributed by atoms with E-state index in [-0.39, 0.29) is 11.8 Å². The predicted molar refractivity (Wildman–Crippen MR) is 116 cm³/mol. The maximum atomic E-state index is 12.7. The van der Waals surface area contributed by atoms with Crippen LogP contribution in [0.5, 0.6) is 5.75 Å². The van der Waals surface area contributed by atoms with Gasteiger partial charge in [0.2, 0.25) is 5.91 Å². The van der Waals surface area contributed by atoms with Crippen molar-refractivity contribution in [2.24, 2.45) is 0 Å². The summed E-state index contributed by atoms with van der Waals surface area (Å²) < 4.78 is 7.56. The van der Waals surface area contributed by atoms with E-state index in [2.05, 4.69) is 10.3 Å². The van der Waals surface area contributed by atoms with Gasteiger partial charge in [-0.25, -0.2) is 4.98 Å². The molecule has 0 atom stereocenters. The molecule has 0 spiro atoms. The Balaban J connectivity index is 1.49. The fourth-order valence-electron chi connectivity index (χ4n) is 2.93. The molecule has 0 saturated heterocycles. The van der Waals surface area contributed by atoms with Crippen molar-refractivity contribution in [2.45, 2.75) is 19.9 Å². The molecule has 156 valence electrons. The summed E-state index contributed by atoms with van der Waals surface area (Å²) in [5, 5.41) is 2.84. The van der Waals surface area contributed by atoms with E-state index < -0.39 is 0 Å². The van der Waals surface area contributed by atoms with E-state index in [1.54, 1.807) is 48.7 Å². The summed E-state index contributed by atoms with van der Waals surface area (Å²) in [4.78, 5) is 30.4. The molecule has 0 bridgehead atoms. The van der Waals surface area contributed by atoms with E-state index in [4.69, 9.17) is 4.74 Å². The van der Waals surface area contributed by atoms with E-state index in [0.717, 1.165) is 11.3 Å². The normalized spacial score (nSPS) is 10.5. The lowest BCUT2D eigenvalue weighted by Gasteiger charge is -2.18.